The lowest BCUT2D eigenvalue weighted by atomic mass is 10.1. The molecule has 2 heterocycles. The first-order valence-electron chi connectivity index (χ1n) is 5.38. The maximum atomic E-state index is 12.1. The maximum Gasteiger partial charge on any atom is 0.259 e. The third kappa shape index (κ3) is 1.95. The highest BCUT2D eigenvalue weighted by molar-refractivity contribution is 6.06. The van der Waals surface area contributed by atoms with Crippen LogP contribution in [-0.4, -0.2) is 16.1 Å². The molecular weight excluding hydrogens is 218 g/mol. The Labute approximate surface area is 99.2 Å². The van der Waals surface area contributed by atoms with Crippen LogP contribution in [0.1, 0.15) is 33.1 Å². The minimum Gasteiger partial charge on any atom is -0.469 e. The molecule has 2 aromatic rings. The average molecular weight is 233 g/mol. The van der Waals surface area contributed by atoms with Gasteiger partial charge in [-0.25, -0.2) is 0 Å². The Morgan fingerprint density at radius 3 is 2.53 bits per heavy atom. The van der Waals surface area contributed by atoms with Gasteiger partial charge in [-0.1, -0.05) is 0 Å². The number of carbonyl (C=O) groups excluding carboxylic acids is 1. The molecule has 0 aromatic carbocycles. The molecule has 0 atom stereocenters. The fourth-order valence-corrected chi connectivity index (χ4v) is 1.82. The van der Waals surface area contributed by atoms with Gasteiger partial charge in [0.2, 0.25) is 0 Å². The molecule has 1 amide bonds. The Morgan fingerprint density at radius 2 is 2.06 bits per heavy atom. The van der Waals surface area contributed by atoms with Crippen LogP contribution in [0.5, 0.6) is 0 Å². The quantitative estimate of drug-likeness (QED) is 0.837. The van der Waals surface area contributed by atoms with Gasteiger partial charge in [0.05, 0.1) is 28.9 Å². The van der Waals surface area contributed by atoms with Gasteiger partial charge < -0.3 is 9.73 Å². The van der Waals surface area contributed by atoms with Gasteiger partial charge >= 0.3 is 0 Å². The number of nitrogens with zero attached hydrogens (tertiary/aromatic N) is 1. The van der Waals surface area contributed by atoms with E-state index in [9.17, 15) is 4.79 Å². The molecule has 17 heavy (non-hydrogen) atoms. The molecule has 0 aliphatic carbocycles. The number of amides is 1. The molecule has 0 spiro atoms. The van der Waals surface area contributed by atoms with Crippen molar-refractivity contribution >= 4 is 11.6 Å². The number of furan rings is 1. The Morgan fingerprint density at radius 1 is 1.35 bits per heavy atom. The molecule has 90 valence electrons. The maximum absolute atomic E-state index is 12.1. The molecule has 0 saturated carbocycles. The van der Waals surface area contributed by atoms with E-state index in [1.807, 2.05) is 20.8 Å². The fourth-order valence-electron chi connectivity index (χ4n) is 1.82. The summed E-state index contributed by atoms with van der Waals surface area (Å²) in [4.78, 5) is 12.1. The van der Waals surface area contributed by atoms with E-state index in [4.69, 9.17) is 4.42 Å². The number of hydrogen-bond acceptors (Lipinski definition) is 3. The standard InChI is InChI=1S/C12H15N3O2/c1-6-5-17-9(4)10(6)12(16)13-11-7(2)14-15-8(11)3/h5H,1-4H3,(H,13,16)(H,14,15). The van der Waals surface area contributed by atoms with E-state index in [1.54, 1.807) is 13.2 Å². The molecule has 2 aromatic heterocycles. The lowest BCUT2D eigenvalue weighted by Crippen LogP contribution is -2.14. The summed E-state index contributed by atoms with van der Waals surface area (Å²) in [5.74, 6) is 0.458. The van der Waals surface area contributed by atoms with E-state index >= 15 is 0 Å². The SMILES string of the molecule is Cc1coc(C)c1C(=O)Nc1c(C)n[nH]c1C. The Hall–Kier alpha value is -2.04. The van der Waals surface area contributed by atoms with Crippen LogP contribution in [0.15, 0.2) is 10.7 Å². The number of hydrogen-bond donors (Lipinski definition) is 2. The number of rotatable bonds is 2. The summed E-state index contributed by atoms with van der Waals surface area (Å²) in [6.07, 6.45) is 1.58. The molecule has 5 nitrogen and oxygen atoms in total. The Bertz CT molecular complexity index is 527. The minimum absolute atomic E-state index is 0.165. The number of carbonyl (C=O) groups is 1. The van der Waals surface area contributed by atoms with Crippen molar-refractivity contribution in [1.29, 1.82) is 0 Å². The molecule has 0 unspecified atom stereocenters. The first-order chi connectivity index (χ1) is 8.00. The molecule has 2 rings (SSSR count). The third-order valence-electron chi connectivity index (χ3n) is 2.75. The second kappa shape index (κ2) is 4.08. The normalized spacial score (nSPS) is 10.6. The van der Waals surface area contributed by atoms with E-state index in [-0.39, 0.29) is 5.91 Å². The van der Waals surface area contributed by atoms with E-state index in [0.29, 0.717) is 11.3 Å². The highest BCUT2D eigenvalue weighted by Crippen LogP contribution is 2.20. The lowest BCUT2D eigenvalue weighted by Gasteiger charge is -2.05. The second-order valence-corrected chi connectivity index (χ2v) is 4.11. The van der Waals surface area contributed by atoms with Crippen molar-refractivity contribution in [2.24, 2.45) is 0 Å². The van der Waals surface area contributed by atoms with E-state index in [2.05, 4.69) is 15.5 Å². The average Bonchev–Trinajstić information content (AvgIpc) is 2.75. The number of aromatic nitrogens is 2. The summed E-state index contributed by atoms with van der Waals surface area (Å²) in [6.45, 7) is 7.33. The van der Waals surface area contributed by atoms with Gasteiger partial charge in [-0.15, -0.1) is 0 Å². The number of nitrogens with one attached hydrogen (secondary N) is 2. The van der Waals surface area contributed by atoms with Crippen LogP contribution >= 0.6 is 0 Å². The summed E-state index contributed by atoms with van der Waals surface area (Å²) in [7, 11) is 0. The van der Waals surface area contributed by atoms with Crippen molar-refractivity contribution in [1.82, 2.24) is 10.2 Å². The van der Waals surface area contributed by atoms with Crippen molar-refractivity contribution in [3.05, 3.63) is 34.5 Å². The molecule has 5 heteroatoms. The van der Waals surface area contributed by atoms with Crippen LogP contribution < -0.4 is 5.32 Å². The van der Waals surface area contributed by atoms with Crippen LogP contribution in [0.2, 0.25) is 0 Å². The fraction of sp³-hybridized carbons (Fsp3) is 0.333. The molecular formula is C12H15N3O2. The topological polar surface area (TPSA) is 70.9 Å². The monoisotopic (exact) mass is 233 g/mol. The molecule has 2 N–H and O–H groups in total. The Kier molecular flexibility index (Phi) is 2.75. The zero-order valence-corrected chi connectivity index (χ0v) is 10.3. The summed E-state index contributed by atoms with van der Waals surface area (Å²) in [5.41, 5.74) is 3.77. The van der Waals surface area contributed by atoms with Gasteiger partial charge in [-0.05, 0) is 27.7 Å². The lowest BCUT2D eigenvalue weighted by molar-refractivity contribution is 0.102. The smallest absolute Gasteiger partial charge is 0.259 e. The number of aromatic amines is 1. The van der Waals surface area contributed by atoms with Crippen LogP contribution in [-0.2, 0) is 0 Å². The Balaban J connectivity index is 2.29. The van der Waals surface area contributed by atoms with Crippen molar-refractivity contribution in [2.45, 2.75) is 27.7 Å². The summed E-state index contributed by atoms with van der Waals surface area (Å²) < 4.78 is 5.21. The van der Waals surface area contributed by atoms with Crippen molar-refractivity contribution < 1.29 is 9.21 Å². The number of aryl methyl sites for hydroxylation is 4. The van der Waals surface area contributed by atoms with Crippen LogP contribution in [0.25, 0.3) is 0 Å². The van der Waals surface area contributed by atoms with Crippen LogP contribution in [0, 0.1) is 27.7 Å². The predicted molar refractivity (Wildman–Crippen MR) is 64.2 cm³/mol. The van der Waals surface area contributed by atoms with Gasteiger partial charge in [0.15, 0.2) is 0 Å². The zero-order valence-electron chi connectivity index (χ0n) is 10.3. The number of anilines is 1. The van der Waals surface area contributed by atoms with E-state index in [1.165, 1.54) is 0 Å². The number of H-pyrrole nitrogens is 1. The predicted octanol–water partition coefficient (Wildman–Crippen LogP) is 2.49. The first kappa shape index (κ1) is 11.4. The molecule has 0 fully saturated rings. The van der Waals surface area contributed by atoms with E-state index in [0.717, 1.165) is 22.6 Å². The minimum atomic E-state index is -0.165. The van der Waals surface area contributed by atoms with Gasteiger partial charge in [-0.2, -0.15) is 5.10 Å². The third-order valence-corrected chi connectivity index (χ3v) is 2.75. The van der Waals surface area contributed by atoms with Crippen molar-refractivity contribution in [3.63, 3.8) is 0 Å². The van der Waals surface area contributed by atoms with Gasteiger partial charge in [-0.3, -0.25) is 9.89 Å². The van der Waals surface area contributed by atoms with Crippen LogP contribution in [0.3, 0.4) is 0 Å². The molecule has 0 radical (unpaired) electrons. The van der Waals surface area contributed by atoms with E-state index < -0.39 is 0 Å². The zero-order chi connectivity index (χ0) is 12.6. The van der Waals surface area contributed by atoms with Gasteiger partial charge in [0, 0.05) is 5.56 Å². The largest absolute Gasteiger partial charge is 0.469 e. The van der Waals surface area contributed by atoms with Gasteiger partial charge in [0.25, 0.3) is 5.91 Å². The first-order valence-corrected chi connectivity index (χ1v) is 5.38. The van der Waals surface area contributed by atoms with Crippen LogP contribution in [0.4, 0.5) is 5.69 Å². The molecule has 0 aliphatic rings. The summed E-state index contributed by atoms with van der Waals surface area (Å²) >= 11 is 0. The highest BCUT2D eigenvalue weighted by Gasteiger charge is 2.18. The van der Waals surface area contributed by atoms with Crippen molar-refractivity contribution in [3.8, 4) is 0 Å². The second-order valence-electron chi connectivity index (χ2n) is 4.11. The molecule has 0 saturated heterocycles. The summed E-state index contributed by atoms with van der Waals surface area (Å²) in [6, 6.07) is 0. The van der Waals surface area contributed by atoms with Crippen molar-refractivity contribution in [2.75, 3.05) is 5.32 Å². The summed E-state index contributed by atoms with van der Waals surface area (Å²) in [5, 5.41) is 9.71. The molecule has 0 aliphatic heterocycles. The highest BCUT2D eigenvalue weighted by atomic mass is 16.3. The molecule has 0 bridgehead atoms. The van der Waals surface area contributed by atoms with Gasteiger partial charge in [0.1, 0.15) is 5.76 Å².